The fourth-order valence-corrected chi connectivity index (χ4v) is 4.60. The zero-order chi connectivity index (χ0) is 21.4. The standard InChI is InChI=1S/C18H28N4O6S/c1-14-3-4-15(11-16(14)29(25,26)22-6-9-28-10-7-22)20-18(24)13-21(5-8-27-2)12-17(19)23/h3-4,11H,5-10,12-13H2,1-2H3,(H2,19,23)(H,20,24). The van der Waals surface area contributed by atoms with Crippen LogP contribution in [-0.2, 0) is 29.1 Å². The molecule has 1 heterocycles. The highest BCUT2D eigenvalue weighted by Crippen LogP contribution is 2.24. The number of amides is 2. The molecular formula is C18H28N4O6S. The lowest BCUT2D eigenvalue weighted by molar-refractivity contribution is -0.121. The molecule has 0 bridgehead atoms. The second-order valence-corrected chi connectivity index (χ2v) is 8.62. The molecule has 0 aromatic heterocycles. The van der Waals surface area contributed by atoms with Crippen LogP contribution in [0.15, 0.2) is 23.1 Å². The van der Waals surface area contributed by atoms with E-state index in [9.17, 15) is 18.0 Å². The normalized spacial score (nSPS) is 15.4. The number of methoxy groups -OCH3 is 1. The van der Waals surface area contributed by atoms with Gasteiger partial charge in [0.15, 0.2) is 0 Å². The number of carbonyl (C=O) groups excluding carboxylic acids is 2. The molecular weight excluding hydrogens is 400 g/mol. The van der Waals surface area contributed by atoms with Crippen molar-refractivity contribution >= 4 is 27.5 Å². The number of hydrogen-bond donors (Lipinski definition) is 2. The molecule has 0 saturated carbocycles. The van der Waals surface area contributed by atoms with Crippen molar-refractivity contribution in [1.82, 2.24) is 9.21 Å². The summed E-state index contributed by atoms with van der Waals surface area (Å²) in [5, 5.41) is 2.68. The summed E-state index contributed by atoms with van der Waals surface area (Å²) in [5.41, 5.74) is 6.16. The second kappa shape index (κ2) is 10.6. The first-order valence-electron chi connectivity index (χ1n) is 9.22. The van der Waals surface area contributed by atoms with E-state index in [1.54, 1.807) is 24.0 Å². The maximum absolute atomic E-state index is 12.9. The highest BCUT2D eigenvalue weighted by atomic mass is 32.2. The summed E-state index contributed by atoms with van der Waals surface area (Å²) in [6, 6.07) is 4.74. The number of nitrogens with one attached hydrogen (secondary N) is 1. The molecule has 1 fully saturated rings. The van der Waals surface area contributed by atoms with Crippen molar-refractivity contribution in [2.75, 3.05) is 65.0 Å². The third-order valence-corrected chi connectivity index (χ3v) is 6.46. The smallest absolute Gasteiger partial charge is 0.243 e. The Morgan fingerprint density at radius 1 is 1.28 bits per heavy atom. The lowest BCUT2D eigenvalue weighted by Gasteiger charge is -2.27. The Hall–Kier alpha value is -2.05. The van der Waals surface area contributed by atoms with Gasteiger partial charge in [0.2, 0.25) is 21.8 Å². The molecule has 0 spiro atoms. The molecule has 10 nitrogen and oxygen atoms in total. The fourth-order valence-electron chi connectivity index (χ4n) is 2.94. The zero-order valence-corrected chi connectivity index (χ0v) is 17.5. The lowest BCUT2D eigenvalue weighted by Crippen LogP contribution is -2.41. The number of primary amides is 1. The number of rotatable bonds is 10. The molecule has 162 valence electrons. The van der Waals surface area contributed by atoms with Crippen LogP contribution in [-0.4, -0.2) is 89.1 Å². The van der Waals surface area contributed by atoms with Crippen LogP contribution in [0.2, 0.25) is 0 Å². The molecule has 1 saturated heterocycles. The molecule has 0 radical (unpaired) electrons. The Balaban J connectivity index is 2.12. The first-order valence-corrected chi connectivity index (χ1v) is 10.7. The van der Waals surface area contributed by atoms with Crippen LogP contribution in [0, 0.1) is 6.92 Å². The van der Waals surface area contributed by atoms with Gasteiger partial charge in [0, 0.05) is 32.4 Å². The Kier molecular flexibility index (Phi) is 8.53. The molecule has 0 atom stereocenters. The SMILES string of the molecule is COCCN(CC(N)=O)CC(=O)Nc1ccc(C)c(S(=O)(=O)N2CCOCC2)c1. The van der Waals surface area contributed by atoms with Crippen molar-refractivity contribution in [3.8, 4) is 0 Å². The number of aryl methyl sites for hydroxylation is 1. The van der Waals surface area contributed by atoms with E-state index in [0.29, 0.717) is 50.7 Å². The van der Waals surface area contributed by atoms with Gasteiger partial charge in [0.25, 0.3) is 0 Å². The highest BCUT2D eigenvalue weighted by molar-refractivity contribution is 7.89. The number of morpholine rings is 1. The maximum Gasteiger partial charge on any atom is 0.243 e. The Bertz CT molecular complexity index is 824. The molecule has 1 aromatic carbocycles. The van der Waals surface area contributed by atoms with Gasteiger partial charge < -0.3 is 20.5 Å². The quantitative estimate of drug-likeness (QED) is 0.508. The van der Waals surface area contributed by atoms with Gasteiger partial charge in [-0.2, -0.15) is 4.31 Å². The first kappa shape index (κ1) is 23.2. The van der Waals surface area contributed by atoms with Crippen molar-refractivity contribution in [1.29, 1.82) is 0 Å². The summed E-state index contributed by atoms with van der Waals surface area (Å²) in [7, 11) is -2.17. The molecule has 1 aromatic rings. The number of sulfonamides is 1. The van der Waals surface area contributed by atoms with Gasteiger partial charge in [-0.3, -0.25) is 14.5 Å². The third kappa shape index (κ3) is 6.75. The van der Waals surface area contributed by atoms with Crippen LogP contribution < -0.4 is 11.1 Å². The summed E-state index contributed by atoms with van der Waals surface area (Å²) in [6.45, 7) is 3.54. The average Bonchev–Trinajstić information content (AvgIpc) is 2.67. The number of nitrogens with two attached hydrogens (primary N) is 1. The van der Waals surface area contributed by atoms with E-state index in [0.717, 1.165) is 0 Å². The van der Waals surface area contributed by atoms with Gasteiger partial charge in [-0.05, 0) is 24.6 Å². The summed E-state index contributed by atoms with van der Waals surface area (Å²) in [5.74, 6) is -0.941. The van der Waals surface area contributed by atoms with E-state index < -0.39 is 15.9 Å². The Morgan fingerprint density at radius 3 is 2.59 bits per heavy atom. The topological polar surface area (TPSA) is 131 Å². The summed E-state index contributed by atoms with van der Waals surface area (Å²) < 4.78 is 37.5. The fraction of sp³-hybridized carbons (Fsp3) is 0.556. The van der Waals surface area contributed by atoms with E-state index in [2.05, 4.69) is 5.32 Å². The Labute approximate surface area is 171 Å². The van der Waals surface area contributed by atoms with Crippen LogP contribution in [0.4, 0.5) is 5.69 Å². The summed E-state index contributed by atoms with van der Waals surface area (Å²) in [6.07, 6.45) is 0. The van der Waals surface area contributed by atoms with E-state index >= 15 is 0 Å². The van der Waals surface area contributed by atoms with Crippen molar-refractivity contribution in [2.45, 2.75) is 11.8 Å². The molecule has 0 unspecified atom stereocenters. The van der Waals surface area contributed by atoms with Gasteiger partial charge in [-0.15, -0.1) is 0 Å². The number of ether oxygens (including phenoxy) is 2. The number of hydrogen-bond acceptors (Lipinski definition) is 7. The second-order valence-electron chi connectivity index (χ2n) is 6.71. The van der Waals surface area contributed by atoms with Gasteiger partial charge >= 0.3 is 0 Å². The van der Waals surface area contributed by atoms with Gasteiger partial charge in [-0.25, -0.2) is 8.42 Å². The van der Waals surface area contributed by atoms with Crippen molar-refractivity contribution in [3.05, 3.63) is 23.8 Å². The van der Waals surface area contributed by atoms with Gasteiger partial charge in [0.05, 0.1) is 37.8 Å². The molecule has 2 amide bonds. The van der Waals surface area contributed by atoms with Gasteiger partial charge in [-0.1, -0.05) is 6.07 Å². The number of nitrogens with zero attached hydrogens (tertiary/aromatic N) is 2. The van der Waals surface area contributed by atoms with Gasteiger partial charge in [0.1, 0.15) is 0 Å². The molecule has 3 N–H and O–H groups in total. The zero-order valence-electron chi connectivity index (χ0n) is 16.7. The largest absolute Gasteiger partial charge is 0.383 e. The van der Waals surface area contributed by atoms with Crippen LogP contribution in [0.5, 0.6) is 0 Å². The summed E-state index contributed by atoms with van der Waals surface area (Å²) >= 11 is 0. The van der Waals surface area contributed by atoms with E-state index in [4.69, 9.17) is 15.2 Å². The van der Waals surface area contributed by atoms with Crippen molar-refractivity contribution in [3.63, 3.8) is 0 Å². The number of benzene rings is 1. The lowest BCUT2D eigenvalue weighted by atomic mass is 10.2. The summed E-state index contributed by atoms with van der Waals surface area (Å²) in [4.78, 5) is 25.3. The minimum absolute atomic E-state index is 0.0777. The van der Waals surface area contributed by atoms with Crippen LogP contribution in [0.1, 0.15) is 5.56 Å². The molecule has 1 aliphatic heterocycles. The molecule has 1 aliphatic rings. The predicted octanol–water partition coefficient (Wildman–Crippen LogP) is -0.612. The molecule has 11 heteroatoms. The average molecular weight is 429 g/mol. The minimum Gasteiger partial charge on any atom is -0.383 e. The van der Waals surface area contributed by atoms with Crippen LogP contribution >= 0.6 is 0 Å². The van der Waals surface area contributed by atoms with E-state index in [-0.39, 0.29) is 23.9 Å². The van der Waals surface area contributed by atoms with E-state index in [1.807, 2.05) is 0 Å². The molecule has 2 rings (SSSR count). The van der Waals surface area contributed by atoms with Crippen LogP contribution in [0.25, 0.3) is 0 Å². The number of carbonyl (C=O) groups is 2. The highest BCUT2D eigenvalue weighted by Gasteiger charge is 2.28. The minimum atomic E-state index is -3.69. The molecule has 29 heavy (non-hydrogen) atoms. The Morgan fingerprint density at radius 2 is 1.97 bits per heavy atom. The first-order chi connectivity index (χ1) is 13.7. The van der Waals surface area contributed by atoms with Crippen LogP contribution in [0.3, 0.4) is 0 Å². The predicted molar refractivity (Wildman–Crippen MR) is 107 cm³/mol. The molecule has 0 aliphatic carbocycles. The van der Waals surface area contributed by atoms with Crippen molar-refractivity contribution in [2.24, 2.45) is 5.73 Å². The van der Waals surface area contributed by atoms with E-state index in [1.165, 1.54) is 17.5 Å². The van der Waals surface area contributed by atoms with Crippen molar-refractivity contribution < 1.29 is 27.5 Å². The number of anilines is 1. The third-order valence-electron chi connectivity index (χ3n) is 4.42. The maximum atomic E-state index is 12.9. The monoisotopic (exact) mass is 428 g/mol.